The molecule has 2 heterocycles. The van der Waals surface area contributed by atoms with E-state index in [-0.39, 0.29) is 30.8 Å². The number of piperazine rings is 1. The van der Waals surface area contributed by atoms with Gasteiger partial charge in [0.2, 0.25) is 0 Å². The predicted octanol–water partition coefficient (Wildman–Crippen LogP) is 4.48. The lowest BCUT2D eigenvalue weighted by atomic mass is 9.84. The van der Waals surface area contributed by atoms with Crippen molar-refractivity contribution in [2.75, 3.05) is 38.6 Å². The number of aromatic nitrogens is 2. The zero-order valence-electron chi connectivity index (χ0n) is 21.2. The highest BCUT2D eigenvalue weighted by molar-refractivity contribution is 5.91. The number of anilines is 1. The van der Waals surface area contributed by atoms with E-state index in [1.54, 1.807) is 0 Å². The van der Waals surface area contributed by atoms with Crippen LogP contribution in [-0.4, -0.2) is 77.3 Å². The molecule has 0 spiro atoms. The molecule has 0 amide bonds. The van der Waals surface area contributed by atoms with Crippen LogP contribution in [0.15, 0.2) is 24.3 Å². The molecule has 7 nitrogen and oxygen atoms in total. The standard InChI is InChI=1S/C26H36F3N5O2/c1-17(2)23(25(35)36-3)32-24-20-6-4-5-7-21(20)30-22(31-24)16-33-12-14-34(15-13-33)19-10-8-18(9-11-19)26(27,28)29/h4-7,17-19,23H,8-16H2,1-3H3,(H,30,31,32)/t18?,19?,23-/m0/s1. The molecule has 1 saturated heterocycles. The number of halogens is 3. The number of hydrogen-bond acceptors (Lipinski definition) is 7. The van der Waals surface area contributed by atoms with Crippen LogP contribution in [0.5, 0.6) is 0 Å². The van der Waals surface area contributed by atoms with Crippen LogP contribution in [0.25, 0.3) is 10.9 Å². The summed E-state index contributed by atoms with van der Waals surface area (Å²) in [5.74, 6) is -0.191. The minimum atomic E-state index is -4.07. The molecular formula is C26H36F3N5O2. The zero-order valence-corrected chi connectivity index (χ0v) is 21.2. The van der Waals surface area contributed by atoms with Crippen molar-refractivity contribution in [2.45, 2.75) is 64.3 Å². The molecule has 1 aromatic heterocycles. The molecule has 1 aliphatic carbocycles. The first-order chi connectivity index (χ1) is 17.2. The first-order valence-corrected chi connectivity index (χ1v) is 12.8. The van der Waals surface area contributed by atoms with E-state index in [0.29, 0.717) is 31.0 Å². The van der Waals surface area contributed by atoms with E-state index in [4.69, 9.17) is 14.7 Å². The number of nitrogens with one attached hydrogen (secondary N) is 1. The molecule has 2 aromatic rings. The molecule has 1 atom stereocenters. The summed E-state index contributed by atoms with van der Waals surface area (Å²) in [7, 11) is 1.38. The van der Waals surface area contributed by atoms with Crippen LogP contribution in [0.4, 0.5) is 19.0 Å². The second-order valence-corrected chi connectivity index (χ2v) is 10.3. The van der Waals surface area contributed by atoms with Crippen LogP contribution in [0.3, 0.4) is 0 Å². The fourth-order valence-corrected chi connectivity index (χ4v) is 5.33. The van der Waals surface area contributed by atoms with Gasteiger partial charge in [-0.25, -0.2) is 14.8 Å². The molecule has 1 saturated carbocycles. The zero-order chi connectivity index (χ0) is 25.9. The Bertz CT molecular complexity index is 1030. The van der Waals surface area contributed by atoms with Crippen molar-refractivity contribution in [3.8, 4) is 0 Å². The molecular weight excluding hydrogens is 471 g/mol. The van der Waals surface area contributed by atoms with Gasteiger partial charge in [0.15, 0.2) is 0 Å². The average molecular weight is 508 g/mol. The van der Waals surface area contributed by atoms with Crippen LogP contribution in [0, 0.1) is 11.8 Å². The smallest absolute Gasteiger partial charge is 0.391 e. The van der Waals surface area contributed by atoms with Gasteiger partial charge in [0.05, 0.1) is 25.1 Å². The molecule has 10 heteroatoms. The van der Waals surface area contributed by atoms with E-state index in [1.807, 2.05) is 38.1 Å². The van der Waals surface area contributed by atoms with E-state index in [1.165, 1.54) is 7.11 Å². The topological polar surface area (TPSA) is 70.6 Å². The third-order valence-electron chi connectivity index (χ3n) is 7.51. The summed E-state index contributed by atoms with van der Waals surface area (Å²) in [5, 5.41) is 4.12. The van der Waals surface area contributed by atoms with Crippen molar-refractivity contribution in [1.29, 1.82) is 0 Å². The SMILES string of the molecule is COC(=O)[C@@H](Nc1nc(CN2CCN(C3CCC(C(F)(F)F)CC3)CC2)nc2ccccc12)C(C)C. The summed E-state index contributed by atoms with van der Waals surface area (Å²) in [6, 6.07) is 7.42. The van der Waals surface area contributed by atoms with Crippen LogP contribution < -0.4 is 5.32 Å². The fraction of sp³-hybridized carbons (Fsp3) is 0.654. The Balaban J connectivity index is 1.40. The Labute approximate surface area is 210 Å². The van der Waals surface area contributed by atoms with Crippen molar-refractivity contribution in [2.24, 2.45) is 11.8 Å². The number of benzene rings is 1. The first kappa shape index (κ1) is 26.6. The van der Waals surface area contributed by atoms with Gasteiger partial charge in [-0.05, 0) is 43.7 Å². The molecule has 0 radical (unpaired) electrons. The highest BCUT2D eigenvalue weighted by Gasteiger charge is 2.42. The molecule has 1 N–H and O–H groups in total. The molecule has 198 valence electrons. The maximum Gasteiger partial charge on any atom is 0.391 e. The number of esters is 1. The van der Waals surface area contributed by atoms with Gasteiger partial charge in [0, 0.05) is 37.6 Å². The Morgan fingerprint density at radius 1 is 1.08 bits per heavy atom. The number of fused-ring (bicyclic) bond motifs is 1. The number of hydrogen-bond donors (Lipinski definition) is 1. The lowest BCUT2D eigenvalue weighted by Gasteiger charge is -2.42. The van der Waals surface area contributed by atoms with E-state index < -0.39 is 18.1 Å². The molecule has 1 aliphatic heterocycles. The Hall–Kier alpha value is -2.46. The van der Waals surface area contributed by atoms with E-state index in [9.17, 15) is 18.0 Å². The summed E-state index contributed by atoms with van der Waals surface area (Å²) >= 11 is 0. The summed E-state index contributed by atoms with van der Waals surface area (Å²) in [6.45, 7) is 7.76. The van der Waals surface area contributed by atoms with Gasteiger partial charge in [0.25, 0.3) is 0 Å². The average Bonchev–Trinajstić information content (AvgIpc) is 2.86. The predicted molar refractivity (Wildman–Crippen MR) is 132 cm³/mol. The number of carbonyl (C=O) groups is 1. The Morgan fingerprint density at radius 2 is 1.75 bits per heavy atom. The molecule has 4 rings (SSSR count). The number of methoxy groups -OCH3 is 1. The molecule has 36 heavy (non-hydrogen) atoms. The largest absolute Gasteiger partial charge is 0.467 e. The van der Waals surface area contributed by atoms with Crippen LogP contribution >= 0.6 is 0 Å². The van der Waals surface area contributed by atoms with E-state index >= 15 is 0 Å². The third-order valence-corrected chi connectivity index (χ3v) is 7.51. The van der Waals surface area contributed by atoms with Crippen molar-refractivity contribution in [3.63, 3.8) is 0 Å². The van der Waals surface area contributed by atoms with Gasteiger partial charge in [-0.15, -0.1) is 0 Å². The minimum absolute atomic E-state index is 0.00824. The normalized spacial score (nSPS) is 23.1. The number of nitrogens with zero attached hydrogens (tertiary/aromatic N) is 4. The van der Waals surface area contributed by atoms with Gasteiger partial charge in [0.1, 0.15) is 17.7 Å². The Morgan fingerprint density at radius 3 is 2.36 bits per heavy atom. The number of alkyl halides is 3. The van der Waals surface area contributed by atoms with Crippen molar-refractivity contribution >= 4 is 22.7 Å². The van der Waals surface area contributed by atoms with Crippen LogP contribution in [0.2, 0.25) is 0 Å². The maximum absolute atomic E-state index is 13.0. The monoisotopic (exact) mass is 507 g/mol. The van der Waals surface area contributed by atoms with Gasteiger partial charge >= 0.3 is 12.1 Å². The third kappa shape index (κ3) is 6.26. The molecule has 1 aromatic carbocycles. The van der Waals surface area contributed by atoms with Gasteiger partial charge in [-0.3, -0.25) is 9.80 Å². The highest BCUT2D eigenvalue weighted by atomic mass is 19.4. The minimum Gasteiger partial charge on any atom is -0.467 e. The van der Waals surface area contributed by atoms with E-state index in [0.717, 1.165) is 37.1 Å². The molecule has 2 fully saturated rings. The van der Waals surface area contributed by atoms with Crippen molar-refractivity contribution in [3.05, 3.63) is 30.1 Å². The number of ether oxygens (including phenoxy) is 1. The summed E-state index contributed by atoms with van der Waals surface area (Å²) in [4.78, 5) is 26.5. The number of para-hydroxylation sites is 1. The fourth-order valence-electron chi connectivity index (χ4n) is 5.33. The molecule has 0 bridgehead atoms. The quantitative estimate of drug-likeness (QED) is 0.554. The Kier molecular flexibility index (Phi) is 8.34. The lowest BCUT2D eigenvalue weighted by molar-refractivity contribution is -0.184. The van der Waals surface area contributed by atoms with E-state index in [2.05, 4.69) is 15.1 Å². The van der Waals surface area contributed by atoms with Gasteiger partial charge in [-0.2, -0.15) is 13.2 Å². The summed E-state index contributed by atoms with van der Waals surface area (Å²) in [5.41, 5.74) is 0.803. The first-order valence-electron chi connectivity index (χ1n) is 12.8. The van der Waals surface area contributed by atoms with Gasteiger partial charge < -0.3 is 10.1 Å². The molecule has 0 unspecified atom stereocenters. The van der Waals surface area contributed by atoms with Crippen molar-refractivity contribution < 1.29 is 22.7 Å². The second-order valence-electron chi connectivity index (χ2n) is 10.3. The maximum atomic E-state index is 13.0. The molecule has 2 aliphatic rings. The second kappa shape index (κ2) is 11.3. The lowest BCUT2D eigenvalue weighted by Crippen LogP contribution is -2.51. The van der Waals surface area contributed by atoms with Crippen molar-refractivity contribution in [1.82, 2.24) is 19.8 Å². The summed E-state index contributed by atoms with van der Waals surface area (Å²) in [6.07, 6.45) is -2.37. The summed E-state index contributed by atoms with van der Waals surface area (Å²) < 4.78 is 44.0. The van der Waals surface area contributed by atoms with Crippen LogP contribution in [0.1, 0.15) is 45.4 Å². The number of rotatable bonds is 7. The van der Waals surface area contributed by atoms with Crippen LogP contribution in [-0.2, 0) is 16.1 Å². The number of carbonyl (C=O) groups excluding carboxylic acids is 1. The van der Waals surface area contributed by atoms with Gasteiger partial charge in [-0.1, -0.05) is 26.0 Å². The highest BCUT2D eigenvalue weighted by Crippen LogP contribution is 2.39.